The fraction of sp³-hybridized carbons (Fsp3) is 0.208. The monoisotopic (exact) mass is 445 g/mol. The van der Waals surface area contributed by atoms with Crippen LogP contribution < -0.4 is 15.0 Å². The summed E-state index contributed by atoms with van der Waals surface area (Å²) < 4.78 is 7.76. The molecule has 3 heterocycles. The lowest BCUT2D eigenvalue weighted by molar-refractivity contribution is -0.120. The van der Waals surface area contributed by atoms with Crippen LogP contribution in [-0.4, -0.2) is 33.8 Å². The van der Waals surface area contributed by atoms with Gasteiger partial charge in [0.05, 0.1) is 0 Å². The minimum atomic E-state index is -0.0108. The number of aromatic nitrogens is 3. The Morgan fingerprint density at radius 2 is 1.53 bits per heavy atom. The van der Waals surface area contributed by atoms with Crippen LogP contribution in [0.2, 0.25) is 0 Å². The maximum Gasteiger partial charge on any atom is 0.227 e. The minimum absolute atomic E-state index is 0.0108. The number of nitrogens with zero attached hydrogens (tertiary/aromatic N) is 4. The highest BCUT2D eigenvalue weighted by Gasteiger charge is 2.27. The normalized spacial score (nSPS) is 14.3. The number of amides is 1. The Balaban J connectivity index is 1.13. The summed E-state index contributed by atoms with van der Waals surface area (Å²) in [5, 5.41) is 13.4. The van der Waals surface area contributed by atoms with Gasteiger partial charge in [-0.15, -0.1) is 10.2 Å². The summed E-state index contributed by atoms with van der Waals surface area (Å²) in [5.41, 5.74) is 0.776. The molecule has 5 rings (SSSR count). The van der Waals surface area contributed by atoms with Crippen LogP contribution >= 0.6 is 11.3 Å². The Labute approximate surface area is 190 Å². The summed E-state index contributed by atoms with van der Waals surface area (Å²) in [4.78, 5) is 15.0. The second kappa shape index (κ2) is 9.23. The fourth-order valence-electron chi connectivity index (χ4n) is 3.71. The third-order valence-electron chi connectivity index (χ3n) is 5.47. The predicted molar refractivity (Wildman–Crippen MR) is 126 cm³/mol. The van der Waals surface area contributed by atoms with Gasteiger partial charge in [0.1, 0.15) is 11.5 Å². The molecule has 8 heteroatoms. The first-order chi connectivity index (χ1) is 15.7. The summed E-state index contributed by atoms with van der Waals surface area (Å²) in [7, 11) is 0. The maximum atomic E-state index is 12.8. The minimum Gasteiger partial charge on any atom is -0.457 e. The van der Waals surface area contributed by atoms with E-state index in [-0.39, 0.29) is 11.8 Å². The highest BCUT2D eigenvalue weighted by Crippen LogP contribution is 2.29. The third kappa shape index (κ3) is 4.65. The van der Waals surface area contributed by atoms with Crippen molar-refractivity contribution >= 4 is 28.1 Å². The standard InChI is InChI=1S/C24H23N5O2S/c30-22(25-19-8-10-21(11-9-19)31-20-6-2-1-3-7-20)18-12-16-29(17-13-18)24-27-26-23(32-24)28-14-4-5-15-28/h1-11,14-15,18H,12-13,16-17H2,(H,25,30). The third-order valence-corrected chi connectivity index (χ3v) is 6.46. The number of carbonyl (C=O) groups excluding carboxylic acids is 1. The average molecular weight is 446 g/mol. The number of rotatable bonds is 6. The van der Waals surface area contributed by atoms with Crippen LogP contribution in [0.1, 0.15) is 12.8 Å². The van der Waals surface area contributed by atoms with E-state index in [0.717, 1.165) is 53.4 Å². The van der Waals surface area contributed by atoms with Gasteiger partial charge < -0.3 is 15.0 Å². The van der Waals surface area contributed by atoms with E-state index in [9.17, 15) is 4.79 Å². The topological polar surface area (TPSA) is 72.3 Å². The molecule has 0 saturated carbocycles. The smallest absolute Gasteiger partial charge is 0.227 e. The van der Waals surface area contributed by atoms with Gasteiger partial charge in [-0.1, -0.05) is 29.5 Å². The fourth-order valence-corrected chi connectivity index (χ4v) is 4.58. The summed E-state index contributed by atoms with van der Waals surface area (Å²) >= 11 is 1.57. The first-order valence-corrected chi connectivity index (χ1v) is 11.4. The van der Waals surface area contributed by atoms with E-state index in [0.29, 0.717) is 0 Å². The molecule has 1 fully saturated rings. The van der Waals surface area contributed by atoms with Crippen LogP contribution in [0, 0.1) is 5.92 Å². The zero-order valence-corrected chi connectivity index (χ0v) is 18.2. The van der Waals surface area contributed by atoms with Crippen LogP contribution in [0.5, 0.6) is 11.5 Å². The van der Waals surface area contributed by atoms with Gasteiger partial charge >= 0.3 is 0 Å². The van der Waals surface area contributed by atoms with Crippen molar-refractivity contribution in [2.45, 2.75) is 12.8 Å². The molecule has 0 unspecified atom stereocenters. The van der Waals surface area contributed by atoms with Gasteiger partial charge in [-0.05, 0) is 61.4 Å². The van der Waals surface area contributed by atoms with Crippen LogP contribution in [0.3, 0.4) is 0 Å². The van der Waals surface area contributed by atoms with E-state index < -0.39 is 0 Å². The van der Waals surface area contributed by atoms with Gasteiger partial charge in [-0.2, -0.15) is 0 Å². The molecule has 2 aromatic heterocycles. The Morgan fingerprint density at radius 1 is 0.875 bits per heavy atom. The van der Waals surface area contributed by atoms with Crippen molar-refractivity contribution in [1.29, 1.82) is 0 Å². The van der Waals surface area contributed by atoms with Crippen LogP contribution in [0.4, 0.5) is 10.8 Å². The molecule has 0 spiro atoms. The van der Waals surface area contributed by atoms with Crippen molar-refractivity contribution in [2.24, 2.45) is 5.92 Å². The Morgan fingerprint density at radius 3 is 2.25 bits per heavy atom. The summed E-state index contributed by atoms with van der Waals surface area (Å²) in [5.74, 6) is 1.57. The van der Waals surface area contributed by atoms with Gasteiger partial charge in [0.2, 0.25) is 16.2 Å². The van der Waals surface area contributed by atoms with Crippen molar-refractivity contribution < 1.29 is 9.53 Å². The highest BCUT2D eigenvalue weighted by molar-refractivity contribution is 7.17. The van der Waals surface area contributed by atoms with Crippen molar-refractivity contribution in [3.8, 4) is 16.6 Å². The average Bonchev–Trinajstić information content (AvgIpc) is 3.53. The van der Waals surface area contributed by atoms with E-state index in [1.54, 1.807) is 11.3 Å². The number of anilines is 2. The number of hydrogen-bond acceptors (Lipinski definition) is 6. The van der Waals surface area contributed by atoms with Crippen molar-refractivity contribution in [3.63, 3.8) is 0 Å². The summed E-state index contributed by atoms with van der Waals surface area (Å²) in [6, 6.07) is 21.0. The van der Waals surface area contributed by atoms with E-state index in [1.807, 2.05) is 83.7 Å². The zero-order chi connectivity index (χ0) is 21.8. The molecule has 7 nitrogen and oxygen atoms in total. The Hall–Kier alpha value is -3.65. The number of para-hydroxylation sites is 1. The second-order valence-electron chi connectivity index (χ2n) is 7.65. The second-order valence-corrected chi connectivity index (χ2v) is 8.58. The van der Waals surface area contributed by atoms with Gasteiger partial charge in [0.15, 0.2) is 0 Å². The van der Waals surface area contributed by atoms with Gasteiger partial charge in [0, 0.05) is 37.1 Å². The molecule has 1 N–H and O–H groups in total. The Bertz CT molecular complexity index is 1150. The number of hydrogen-bond donors (Lipinski definition) is 1. The van der Waals surface area contributed by atoms with Gasteiger partial charge in [-0.3, -0.25) is 9.36 Å². The number of benzene rings is 2. The number of carbonyl (C=O) groups is 1. The highest BCUT2D eigenvalue weighted by atomic mass is 32.1. The molecule has 1 amide bonds. The molecule has 0 aliphatic carbocycles. The lowest BCUT2D eigenvalue weighted by Crippen LogP contribution is -2.38. The summed E-state index contributed by atoms with van der Waals surface area (Å²) in [6.45, 7) is 1.59. The number of piperidine rings is 1. The SMILES string of the molecule is O=C(Nc1ccc(Oc2ccccc2)cc1)C1CCN(c2nnc(-n3cccc3)s2)CC1. The molecule has 0 bridgehead atoms. The molecule has 1 saturated heterocycles. The lowest BCUT2D eigenvalue weighted by atomic mass is 9.96. The Kier molecular flexibility index (Phi) is 5.85. The van der Waals surface area contributed by atoms with E-state index in [2.05, 4.69) is 20.4 Å². The molecule has 1 aliphatic heterocycles. The molecule has 32 heavy (non-hydrogen) atoms. The van der Waals surface area contributed by atoms with Crippen molar-refractivity contribution in [3.05, 3.63) is 79.1 Å². The van der Waals surface area contributed by atoms with Crippen molar-refractivity contribution in [1.82, 2.24) is 14.8 Å². The van der Waals surface area contributed by atoms with E-state index in [4.69, 9.17) is 4.74 Å². The van der Waals surface area contributed by atoms with Crippen LogP contribution in [0.25, 0.3) is 5.13 Å². The largest absolute Gasteiger partial charge is 0.457 e. The van der Waals surface area contributed by atoms with Gasteiger partial charge in [-0.25, -0.2) is 0 Å². The van der Waals surface area contributed by atoms with E-state index in [1.165, 1.54) is 0 Å². The van der Waals surface area contributed by atoms with Crippen LogP contribution in [0.15, 0.2) is 79.1 Å². The first-order valence-electron chi connectivity index (χ1n) is 10.6. The maximum absolute atomic E-state index is 12.8. The number of nitrogens with one attached hydrogen (secondary N) is 1. The molecule has 2 aromatic carbocycles. The first kappa shape index (κ1) is 20.3. The van der Waals surface area contributed by atoms with Gasteiger partial charge in [0.25, 0.3) is 0 Å². The number of ether oxygens (including phenoxy) is 1. The molecule has 4 aromatic rings. The zero-order valence-electron chi connectivity index (χ0n) is 17.4. The molecule has 0 atom stereocenters. The summed E-state index contributed by atoms with van der Waals surface area (Å²) in [6.07, 6.45) is 5.50. The van der Waals surface area contributed by atoms with E-state index >= 15 is 0 Å². The molecular weight excluding hydrogens is 422 g/mol. The molecular formula is C24H23N5O2S. The quantitative estimate of drug-likeness (QED) is 0.453. The molecule has 0 radical (unpaired) electrons. The molecule has 162 valence electrons. The lowest BCUT2D eigenvalue weighted by Gasteiger charge is -2.30. The molecule has 1 aliphatic rings. The van der Waals surface area contributed by atoms with Crippen molar-refractivity contribution in [2.75, 3.05) is 23.3 Å². The predicted octanol–water partition coefficient (Wildman–Crippen LogP) is 4.98. The van der Waals surface area contributed by atoms with Crippen LogP contribution in [-0.2, 0) is 4.79 Å².